The molecule has 0 N–H and O–H groups in total. The highest BCUT2D eigenvalue weighted by molar-refractivity contribution is 9.10. The summed E-state index contributed by atoms with van der Waals surface area (Å²) in [5.41, 5.74) is 1.77. The summed E-state index contributed by atoms with van der Waals surface area (Å²) in [5.74, 6) is -1.01. The van der Waals surface area contributed by atoms with Crippen LogP contribution in [-0.4, -0.2) is 34.9 Å². The predicted octanol–water partition coefficient (Wildman–Crippen LogP) is 4.41. The first-order chi connectivity index (χ1) is 16.9. The largest absolute Gasteiger partial charge is 0.496 e. The molecule has 0 spiro atoms. The van der Waals surface area contributed by atoms with Crippen LogP contribution in [0.4, 0.5) is 11.4 Å². The predicted molar refractivity (Wildman–Crippen MR) is 129 cm³/mol. The number of anilines is 1. The maximum absolute atomic E-state index is 13.6. The van der Waals surface area contributed by atoms with E-state index in [1.54, 1.807) is 31.4 Å². The van der Waals surface area contributed by atoms with Crippen LogP contribution in [0, 0.1) is 16.0 Å². The number of amides is 2. The number of fused-ring (bicyclic) bond motifs is 1. The summed E-state index contributed by atoms with van der Waals surface area (Å²) in [7, 11) is 1.55. The van der Waals surface area contributed by atoms with Crippen LogP contribution in [0.2, 0.25) is 0 Å². The Morgan fingerprint density at radius 3 is 2.49 bits per heavy atom. The Morgan fingerprint density at radius 2 is 1.80 bits per heavy atom. The first kappa shape index (κ1) is 23.0. The highest BCUT2D eigenvalue weighted by Crippen LogP contribution is 2.48. The number of imide groups is 1. The fraction of sp³-hybridized carbons (Fsp3) is 0.200. The van der Waals surface area contributed by atoms with Crippen LogP contribution in [0.1, 0.15) is 17.2 Å². The second kappa shape index (κ2) is 9.12. The van der Waals surface area contributed by atoms with Gasteiger partial charge in [-0.15, -0.1) is 0 Å². The molecule has 5 rings (SSSR count). The maximum atomic E-state index is 13.6. The van der Waals surface area contributed by atoms with Crippen molar-refractivity contribution in [2.45, 2.75) is 18.7 Å². The Kier molecular flexibility index (Phi) is 6.00. The Labute approximate surface area is 209 Å². The van der Waals surface area contributed by atoms with Gasteiger partial charge >= 0.3 is 0 Å². The van der Waals surface area contributed by atoms with Crippen LogP contribution < -0.4 is 9.80 Å². The fourth-order valence-corrected chi connectivity index (χ4v) is 5.12. The number of hydroxylamine groups is 1. The molecule has 2 fully saturated rings. The zero-order valence-corrected chi connectivity index (χ0v) is 20.1. The SMILES string of the molecule is COc1ccc([C@H]2[C@@H]3C(=O)N(Cc4ccccc4)C(=O)[C@H]3ON2c2cccc([N+](=O)[O-])c2)cc1Br. The first-order valence-electron chi connectivity index (χ1n) is 10.8. The number of carbonyl (C=O) groups excluding carboxylic acids is 2. The van der Waals surface area contributed by atoms with Crippen molar-refractivity contribution in [1.29, 1.82) is 0 Å². The number of rotatable bonds is 6. The van der Waals surface area contributed by atoms with Gasteiger partial charge in [0, 0.05) is 12.1 Å². The van der Waals surface area contributed by atoms with Gasteiger partial charge in [0.05, 0.1) is 34.8 Å². The highest BCUT2D eigenvalue weighted by Gasteiger charge is 2.59. The van der Waals surface area contributed by atoms with E-state index >= 15 is 0 Å². The molecule has 3 aromatic carbocycles. The third-order valence-corrected chi connectivity index (χ3v) is 6.82. The van der Waals surface area contributed by atoms with E-state index in [1.807, 2.05) is 30.3 Å². The number of hydrogen-bond acceptors (Lipinski definition) is 7. The van der Waals surface area contributed by atoms with Crippen LogP contribution in [-0.2, 0) is 21.0 Å². The number of non-ortho nitro benzene ring substituents is 1. The van der Waals surface area contributed by atoms with E-state index in [0.717, 1.165) is 5.56 Å². The number of nitrogens with zero attached hydrogens (tertiary/aromatic N) is 3. The average Bonchev–Trinajstić information content (AvgIpc) is 3.37. The number of benzene rings is 3. The van der Waals surface area contributed by atoms with Crippen LogP contribution in [0.5, 0.6) is 5.75 Å². The van der Waals surface area contributed by atoms with Crippen LogP contribution in [0.25, 0.3) is 0 Å². The zero-order chi connectivity index (χ0) is 24.7. The second-order valence-electron chi connectivity index (χ2n) is 8.24. The second-order valence-corrected chi connectivity index (χ2v) is 9.10. The van der Waals surface area contributed by atoms with E-state index in [0.29, 0.717) is 21.5 Å². The molecule has 0 saturated carbocycles. The number of hydrogen-bond donors (Lipinski definition) is 0. The van der Waals surface area contributed by atoms with Gasteiger partial charge in [0.15, 0.2) is 6.10 Å². The van der Waals surface area contributed by atoms with Gasteiger partial charge in [-0.05, 0) is 45.3 Å². The molecule has 3 aromatic rings. The summed E-state index contributed by atoms with van der Waals surface area (Å²) >= 11 is 3.48. The lowest BCUT2D eigenvalue weighted by atomic mass is 9.90. The Bertz CT molecular complexity index is 1320. The molecule has 0 radical (unpaired) electrons. The molecule has 3 atom stereocenters. The third-order valence-electron chi connectivity index (χ3n) is 6.20. The summed E-state index contributed by atoms with van der Waals surface area (Å²) in [6.45, 7) is 0.144. The van der Waals surface area contributed by atoms with Gasteiger partial charge in [-0.3, -0.25) is 29.4 Å². The minimum absolute atomic E-state index is 0.124. The lowest BCUT2D eigenvalue weighted by Crippen LogP contribution is -2.37. The number of carbonyl (C=O) groups is 2. The van der Waals surface area contributed by atoms with E-state index in [9.17, 15) is 19.7 Å². The van der Waals surface area contributed by atoms with E-state index in [4.69, 9.17) is 9.57 Å². The summed E-state index contributed by atoms with van der Waals surface area (Å²) in [4.78, 5) is 45.1. The molecular weight excluding hydrogens is 518 g/mol. The summed E-state index contributed by atoms with van der Waals surface area (Å²) in [6, 6.07) is 19.8. The number of nitro benzene ring substituents is 1. The minimum Gasteiger partial charge on any atom is -0.496 e. The summed E-state index contributed by atoms with van der Waals surface area (Å²) in [6.07, 6.45) is -1.05. The van der Waals surface area contributed by atoms with Gasteiger partial charge in [0.25, 0.3) is 11.6 Å². The van der Waals surface area contributed by atoms with Gasteiger partial charge in [-0.1, -0.05) is 42.5 Å². The van der Waals surface area contributed by atoms with E-state index < -0.39 is 28.9 Å². The molecule has 35 heavy (non-hydrogen) atoms. The van der Waals surface area contributed by atoms with Crippen molar-refractivity contribution >= 4 is 39.1 Å². The molecule has 9 nitrogen and oxygen atoms in total. The van der Waals surface area contributed by atoms with E-state index in [-0.39, 0.29) is 18.1 Å². The lowest BCUT2D eigenvalue weighted by molar-refractivity contribution is -0.384. The maximum Gasteiger partial charge on any atom is 0.271 e. The van der Waals surface area contributed by atoms with Crippen molar-refractivity contribution in [2.24, 2.45) is 5.92 Å². The molecule has 2 aliphatic heterocycles. The molecule has 178 valence electrons. The Balaban J connectivity index is 1.56. The van der Waals surface area contributed by atoms with Crippen molar-refractivity contribution < 1.29 is 24.1 Å². The normalized spacial score (nSPS) is 21.4. The summed E-state index contributed by atoms with van der Waals surface area (Å²) in [5, 5.41) is 12.8. The third kappa shape index (κ3) is 4.04. The molecule has 0 bridgehead atoms. The molecular formula is C25H20BrN3O6. The minimum atomic E-state index is -1.05. The smallest absolute Gasteiger partial charge is 0.271 e. The monoisotopic (exact) mass is 537 g/mol. The lowest BCUT2D eigenvalue weighted by Gasteiger charge is -2.29. The van der Waals surface area contributed by atoms with Crippen molar-refractivity contribution in [3.63, 3.8) is 0 Å². The number of nitro groups is 1. The number of methoxy groups -OCH3 is 1. The van der Waals surface area contributed by atoms with Gasteiger partial charge < -0.3 is 4.74 Å². The highest BCUT2D eigenvalue weighted by atomic mass is 79.9. The van der Waals surface area contributed by atoms with Crippen LogP contribution in [0.3, 0.4) is 0 Å². The number of ether oxygens (including phenoxy) is 1. The molecule has 0 unspecified atom stereocenters. The van der Waals surface area contributed by atoms with Crippen molar-refractivity contribution in [3.8, 4) is 5.75 Å². The number of halogens is 1. The molecule has 2 aliphatic rings. The first-order valence-corrected chi connectivity index (χ1v) is 11.6. The summed E-state index contributed by atoms with van der Waals surface area (Å²) < 4.78 is 5.99. The topological polar surface area (TPSA) is 102 Å². The Morgan fingerprint density at radius 1 is 1.03 bits per heavy atom. The van der Waals surface area contributed by atoms with Gasteiger partial charge in [0.1, 0.15) is 11.7 Å². The van der Waals surface area contributed by atoms with Gasteiger partial charge in [-0.25, -0.2) is 5.06 Å². The fourth-order valence-electron chi connectivity index (χ4n) is 4.57. The molecule has 10 heteroatoms. The van der Waals surface area contributed by atoms with Crippen molar-refractivity contribution in [1.82, 2.24) is 4.90 Å². The molecule has 2 saturated heterocycles. The average molecular weight is 538 g/mol. The van der Waals surface area contributed by atoms with Crippen LogP contribution >= 0.6 is 15.9 Å². The van der Waals surface area contributed by atoms with Crippen molar-refractivity contribution in [3.05, 3.63) is 98.5 Å². The molecule has 0 aromatic heterocycles. The van der Waals surface area contributed by atoms with Crippen molar-refractivity contribution in [2.75, 3.05) is 12.2 Å². The number of likely N-dealkylation sites (tertiary alicyclic amines) is 1. The standard InChI is InChI=1S/C25H20BrN3O6/c1-34-20-11-10-16(12-19(20)26)22-21-23(35-28(22)17-8-5-9-18(13-17)29(32)33)25(31)27(24(21)30)14-15-6-3-2-4-7-15/h2-13,21-23H,14H2,1H3/t21-,22-,23-/m0/s1. The van der Waals surface area contributed by atoms with Crippen LogP contribution in [0.15, 0.2) is 77.3 Å². The quantitative estimate of drug-likeness (QED) is 0.260. The van der Waals surface area contributed by atoms with Gasteiger partial charge in [-0.2, -0.15) is 0 Å². The van der Waals surface area contributed by atoms with E-state index in [1.165, 1.54) is 28.2 Å². The Hall–Kier alpha value is -3.76. The molecule has 0 aliphatic carbocycles. The zero-order valence-electron chi connectivity index (χ0n) is 18.5. The van der Waals surface area contributed by atoms with E-state index in [2.05, 4.69) is 15.9 Å². The molecule has 2 amide bonds. The molecule has 2 heterocycles. The van der Waals surface area contributed by atoms with Gasteiger partial charge in [0.2, 0.25) is 5.91 Å².